The lowest BCUT2D eigenvalue weighted by Crippen LogP contribution is -2.31. The van der Waals surface area contributed by atoms with Gasteiger partial charge in [-0.3, -0.25) is 0 Å². The van der Waals surface area contributed by atoms with E-state index in [1.54, 1.807) is 0 Å². The summed E-state index contributed by atoms with van der Waals surface area (Å²) >= 11 is 6.36. The van der Waals surface area contributed by atoms with Gasteiger partial charge in [-0.2, -0.15) is 0 Å². The van der Waals surface area contributed by atoms with Crippen molar-refractivity contribution in [3.05, 3.63) is 71.8 Å². The molecule has 0 aliphatic carbocycles. The molecule has 0 aliphatic heterocycles. The van der Waals surface area contributed by atoms with E-state index in [0.29, 0.717) is 0 Å². The minimum atomic E-state index is -0.942. The van der Waals surface area contributed by atoms with Crippen LogP contribution in [0.1, 0.15) is 11.1 Å². The van der Waals surface area contributed by atoms with E-state index in [1.807, 2.05) is 60.7 Å². The molecule has 0 aliphatic rings. The smallest absolute Gasteiger partial charge is 0.142 e. The molecular formula is C13H12ClN. The van der Waals surface area contributed by atoms with E-state index < -0.39 is 5.00 Å². The highest BCUT2D eigenvalue weighted by Gasteiger charge is 2.25. The molecule has 2 rings (SSSR count). The van der Waals surface area contributed by atoms with E-state index in [9.17, 15) is 0 Å². The van der Waals surface area contributed by atoms with Gasteiger partial charge in [0.05, 0.1) is 0 Å². The highest BCUT2D eigenvalue weighted by Crippen LogP contribution is 2.30. The van der Waals surface area contributed by atoms with Crippen LogP contribution >= 0.6 is 11.6 Å². The van der Waals surface area contributed by atoms with Gasteiger partial charge in [0.25, 0.3) is 0 Å². The maximum absolute atomic E-state index is 6.36. The van der Waals surface area contributed by atoms with Gasteiger partial charge in [0, 0.05) is 0 Å². The Hall–Kier alpha value is -1.31. The van der Waals surface area contributed by atoms with Gasteiger partial charge in [0.2, 0.25) is 0 Å². The van der Waals surface area contributed by atoms with Crippen molar-refractivity contribution in [2.75, 3.05) is 0 Å². The first kappa shape index (κ1) is 10.2. The Morgan fingerprint density at radius 3 is 1.40 bits per heavy atom. The molecule has 0 radical (unpaired) electrons. The van der Waals surface area contributed by atoms with Crippen molar-refractivity contribution < 1.29 is 0 Å². The Bertz CT molecular complexity index is 381. The molecule has 0 saturated heterocycles. The van der Waals surface area contributed by atoms with E-state index in [2.05, 4.69) is 0 Å². The normalized spacial score (nSPS) is 11.3. The summed E-state index contributed by atoms with van der Waals surface area (Å²) in [4.78, 5) is -0.942. The molecule has 0 atom stereocenters. The lowest BCUT2D eigenvalue weighted by molar-refractivity contribution is 0.775. The number of nitrogens with two attached hydrogens (primary N) is 1. The maximum Gasteiger partial charge on any atom is 0.142 e. The topological polar surface area (TPSA) is 26.0 Å². The average Bonchev–Trinajstić information content (AvgIpc) is 2.31. The summed E-state index contributed by atoms with van der Waals surface area (Å²) in [6.45, 7) is 0. The van der Waals surface area contributed by atoms with Crippen LogP contribution < -0.4 is 5.73 Å². The second-order valence-corrected chi connectivity index (χ2v) is 4.04. The van der Waals surface area contributed by atoms with E-state index >= 15 is 0 Å². The lowest BCUT2D eigenvalue weighted by Gasteiger charge is -2.22. The summed E-state index contributed by atoms with van der Waals surface area (Å²) in [5, 5.41) is 0. The Morgan fingerprint density at radius 2 is 1.07 bits per heavy atom. The van der Waals surface area contributed by atoms with Gasteiger partial charge in [-0.25, -0.2) is 0 Å². The Kier molecular flexibility index (Phi) is 2.76. The van der Waals surface area contributed by atoms with Gasteiger partial charge in [-0.05, 0) is 11.1 Å². The number of benzene rings is 2. The van der Waals surface area contributed by atoms with Crippen LogP contribution in [0.3, 0.4) is 0 Å². The molecular weight excluding hydrogens is 206 g/mol. The molecule has 15 heavy (non-hydrogen) atoms. The Morgan fingerprint density at radius 1 is 0.733 bits per heavy atom. The first-order valence-corrected chi connectivity index (χ1v) is 5.18. The van der Waals surface area contributed by atoms with Crippen LogP contribution in [0.25, 0.3) is 0 Å². The number of halogens is 1. The van der Waals surface area contributed by atoms with E-state index in [4.69, 9.17) is 17.3 Å². The summed E-state index contributed by atoms with van der Waals surface area (Å²) in [5.74, 6) is 0. The van der Waals surface area contributed by atoms with Crippen molar-refractivity contribution in [2.45, 2.75) is 5.00 Å². The molecule has 0 heterocycles. The highest BCUT2D eigenvalue weighted by atomic mass is 35.5. The van der Waals surface area contributed by atoms with Crippen molar-refractivity contribution in [2.24, 2.45) is 5.73 Å². The Labute approximate surface area is 94.5 Å². The third-order valence-electron chi connectivity index (χ3n) is 2.39. The third-order valence-corrected chi connectivity index (χ3v) is 2.82. The fourth-order valence-electron chi connectivity index (χ4n) is 1.53. The predicted octanol–water partition coefficient (Wildman–Crippen LogP) is 3.09. The zero-order valence-corrected chi connectivity index (χ0v) is 8.98. The summed E-state index contributed by atoms with van der Waals surface area (Å²) in [7, 11) is 0. The SMILES string of the molecule is NC(Cl)(c1ccccc1)c1ccccc1. The molecule has 0 fully saturated rings. The quantitative estimate of drug-likeness (QED) is 0.607. The van der Waals surface area contributed by atoms with Crippen molar-refractivity contribution in [3.63, 3.8) is 0 Å². The van der Waals surface area contributed by atoms with Gasteiger partial charge in [0.15, 0.2) is 0 Å². The largest absolute Gasteiger partial charge is 0.305 e. The predicted molar refractivity (Wildman–Crippen MR) is 63.7 cm³/mol. The Balaban J connectivity index is 2.44. The van der Waals surface area contributed by atoms with Gasteiger partial charge in [-0.15, -0.1) is 0 Å². The summed E-state index contributed by atoms with van der Waals surface area (Å²) in [5.41, 5.74) is 7.93. The average molecular weight is 218 g/mol. The lowest BCUT2D eigenvalue weighted by atomic mass is 9.99. The molecule has 0 aromatic heterocycles. The van der Waals surface area contributed by atoms with Crippen molar-refractivity contribution in [3.8, 4) is 0 Å². The van der Waals surface area contributed by atoms with Gasteiger partial charge < -0.3 is 5.73 Å². The van der Waals surface area contributed by atoms with Crippen LogP contribution in [0.5, 0.6) is 0 Å². The number of hydrogen-bond donors (Lipinski definition) is 1. The molecule has 76 valence electrons. The minimum Gasteiger partial charge on any atom is -0.305 e. The first-order chi connectivity index (χ1) is 7.21. The first-order valence-electron chi connectivity index (χ1n) is 4.80. The van der Waals surface area contributed by atoms with E-state index in [0.717, 1.165) is 11.1 Å². The molecule has 0 saturated carbocycles. The molecule has 2 N–H and O–H groups in total. The second-order valence-electron chi connectivity index (χ2n) is 3.44. The van der Waals surface area contributed by atoms with Gasteiger partial charge >= 0.3 is 0 Å². The summed E-state index contributed by atoms with van der Waals surface area (Å²) < 4.78 is 0. The van der Waals surface area contributed by atoms with E-state index in [1.165, 1.54) is 0 Å². The zero-order valence-electron chi connectivity index (χ0n) is 8.23. The number of alkyl halides is 1. The van der Waals surface area contributed by atoms with Crippen LogP contribution in [-0.2, 0) is 5.00 Å². The molecule has 2 heteroatoms. The van der Waals surface area contributed by atoms with E-state index in [-0.39, 0.29) is 0 Å². The summed E-state index contributed by atoms with van der Waals surface area (Å²) in [6, 6.07) is 19.3. The molecule has 0 amide bonds. The standard InChI is InChI=1S/C13H12ClN/c14-13(15,11-7-3-1-4-8-11)12-9-5-2-6-10-12/h1-10H,15H2. The van der Waals surface area contributed by atoms with Crippen LogP contribution in [0.4, 0.5) is 0 Å². The van der Waals surface area contributed by atoms with Gasteiger partial charge in [0.1, 0.15) is 5.00 Å². The molecule has 2 aromatic carbocycles. The number of hydrogen-bond acceptors (Lipinski definition) is 1. The van der Waals surface area contributed by atoms with Crippen LogP contribution in [-0.4, -0.2) is 0 Å². The second kappa shape index (κ2) is 4.05. The number of rotatable bonds is 2. The fraction of sp³-hybridized carbons (Fsp3) is 0.0769. The van der Waals surface area contributed by atoms with Crippen molar-refractivity contribution in [1.82, 2.24) is 0 Å². The molecule has 1 nitrogen and oxygen atoms in total. The summed E-state index contributed by atoms with van der Waals surface area (Å²) in [6.07, 6.45) is 0. The monoisotopic (exact) mass is 217 g/mol. The van der Waals surface area contributed by atoms with Crippen LogP contribution in [0.2, 0.25) is 0 Å². The minimum absolute atomic E-state index is 0.901. The van der Waals surface area contributed by atoms with Gasteiger partial charge in [-0.1, -0.05) is 72.3 Å². The molecule has 0 bridgehead atoms. The van der Waals surface area contributed by atoms with Crippen molar-refractivity contribution >= 4 is 11.6 Å². The zero-order chi connectivity index (χ0) is 10.7. The highest BCUT2D eigenvalue weighted by molar-refractivity contribution is 6.25. The fourth-order valence-corrected chi connectivity index (χ4v) is 1.78. The maximum atomic E-state index is 6.36. The van der Waals surface area contributed by atoms with Crippen LogP contribution in [0, 0.1) is 0 Å². The van der Waals surface area contributed by atoms with Crippen LogP contribution in [0.15, 0.2) is 60.7 Å². The molecule has 0 unspecified atom stereocenters. The molecule has 2 aromatic rings. The third kappa shape index (κ3) is 2.04. The van der Waals surface area contributed by atoms with Crippen molar-refractivity contribution in [1.29, 1.82) is 0 Å². The molecule has 0 spiro atoms.